The third-order valence-electron chi connectivity index (χ3n) is 6.37. The molecule has 0 saturated carbocycles. The predicted molar refractivity (Wildman–Crippen MR) is 153 cm³/mol. The van der Waals surface area contributed by atoms with E-state index in [0.717, 1.165) is 15.4 Å². The third kappa shape index (κ3) is 7.10. The second kappa shape index (κ2) is 13.5. The zero-order valence-electron chi connectivity index (χ0n) is 22.6. The Hall–Kier alpha value is -3.56. The molecule has 0 saturated heterocycles. The third-order valence-corrected chi connectivity index (χ3v) is 8.46. The first kappa shape index (κ1) is 30.0. The Bertz CT molecular complexity index is 1400. The van der Waals surface area contributed by atoms with Crippen molar-refractivity contribution in [3.63, 3.8) is 0 Å². The molecule has 0 aliphatic carbocycles. The molecule has 0 heterocycles. The number of rotatable bonds is 12. The number of anilines is 1. The number of carbonyl (C=O) groups is 2. The second-order valence-electron chi connectivity index (χ2n) is 8.91. The molecule has 10 heteroatoms. The summed E-state index contributed by atoms with van der Waals surface area (Å²) in [5.41, 5.74) is 2.01. The van der Waals surface area contributed by atoms with Crippen LogP contribution < -0.4 is 14.4 Å². The molecule has 0 fully saturated rings. The van der Waals surface area contributed by atoms with Crippen molar-refractivity contribution >= 4 is 39.1 Å². The summed E-state index contributed by atoms with van der Waals surface area (Å²) in [5.74, 6) is -0.457. The van der Waals surface area contributed by atoms with E-state index < -0.39 is 28.5 Å². The molecule has 0 bridgehead atoms. The lowest BCUT2D eigenvalue weighted by molar-refractivity contribution is -0.140. The Morgan fingerprint density at radius 3 is 2.26 bits per heavy atom. The van der Waals surface area contributed by atoms with Crippen LogP contribution in [0.3, 0.4) is 0 Å². The Morgan fingerprint density at radius 1 is 1.00 bits per heavy atom. The van der Waals surface area contributed by atoms with Crippen molar-refractivity contribution in [2.45, 2.75) is 44.7 Å². The van der Waals surface area contributed by atoms with Crippen LogP contribution in [-0.2, 0) is 26.2 Å². The Morgan fingerprint density at radius 2 is 1.67 bits per heavy atom. The first-order valence-electron chi connectivity index (χ1n) is 12.7. The lowest BCUT2D eigenvalue weighted by Gasteiger charge is -2.33. The van der Waals surface area contributed by atoms with E-state index in [1.807, 2.05) is 38.1 Å². The van der Waals surface area contributed by atoms with E-state index in [1.54, 1.807) is 31.2 Å². The lowest BCUT2D eigenvalue weighted by Crippen LogP contribution is -2.52. The molecule has 0 spiro atoms. The number of methoxy groups -OCH3 is 1. The van der Waals surface area contributed by atoms with Gasteiger partial charge in [-0.05, 0) is 61.7 Å². The van der Waals surface area contributed by atoms with Crippen molar-refractivity contribution < 1.29 is 22.7 Å². The van der Waals surface area contributed by atoms with Crippen LogP contribution in [0, 0.1) is 6.92 Å². The summed E-state index contributed by atoms with van der Waals surface area (Å²) >= 11 is 6.35. The van der Waals surface area contributed by atoms with Crippen LogP contribution >= 0.6 is 11.6 Å². The van der Waals surface area contributed by atoms with Gasteiger partial charge in [-0.3, -0.25) is 13.9 Å². The monoisotopic (exact) mass is 571 g/mol. The Kier molecular flexibility index (Phi) is 10.4. The zero-order chi connectivity index (χ0) is 28.6. The summed E-state index contributed by atoms with van der Waals surface area (Å²) in [7, 11) is -2.72. The van der Waals surface area contributed by atoms with Gasteiger partial charge in [-0.1, -0.05) is 61.0 Å². The molecule has 0 aliphatic rings. The standard InChI is InChI=1S/C29H34ClN3O5S/c1-5-26(29(35)31-6-2)32(19-22-13-11-10-12-21(22)3)28(34)20-33(23-16-17-27(38-4)25(30)18-23)39(36,37)24-14-8-7-9-15-24/h7-18,26H,5-6,19-20H2,1-4H3,(H,31,35)/t26-/m0/s1. The fraction of sp³-hybridized carbons (Fsp3) is 0.310. The first-order valence-corrected chi connectivity index (χ1v) is 14.5. The molecule has 0 unspecified atom stereocenters. The van der Waals surface area contributed by atoms with Crippen molar-refractivity contribution in [3.05, 3.63) is 88.9 Å². The van der Waals surface area contributed by atoms with E-state index >= 15 is 0 Å². The van der Waals surface area contributed by atoms with Crippen LogP contribution in [-0.4, -0.2) is 51.4 Å². The number of benzene rings is 3. The molecule has 3 rings (SSSR count). The molecule has 3 aromatic rings. The van der Waals surface area contributed by atoms with E-state index in [2.05, 4.69) is 5.32 Å². The smallest absolute Gasteiger partial charge is 0.264 e. The van der Waals surface area contributed by atoms with Gasteiger partial charge in [0.25, 0.3) is 10.0 Å². The summed E-state index contributed by atoms with van der Waals surface area (Å²) in [4.78, 5) is 28.5. The highest BCUT2D eigenvalue weighted by Crippen LogP contribution is 2.32. The number of halogens is 1. The predicted octanol–water partition coefficient (Wildman–Crippen LogP) is 4.80. The number of hydrogen-bond acceptors (Lipinski definition) is 5. The molecule has 1 N–H and O–H groups in total. The molecule has 0 aliphatic heterocycles. The molecule has 0 aromatic heterocycles. The van der Waals surface area contributed by atoms with Crippen molar-refractivity contribution in [2.24, 2.45) is 0 Å². The fourth-order valence-corrected chi connectivity index (χ4v) is 5.92. The van der Waals surface area contributed by atoms with Crippen molar-refractivity contribution in [3.8, 4) is 5.75 Å². The van der Waals surface area contributed by atoms with Crippen LogP contribution in [0.4, 0.5) is 5.69 Å². The zero-order valence-corrected chi connectivity index (χ0v) is 24.1. The molecule has 208 valence electrons. The first-order chi connectivity index (χ1) is 18.6. The Balaban J connectivity index is 2.09. The van der Waals surface area contributed by atoms with Gasteiger partial charge in [-0.15, -0.1) is 0 Å². The van der Waals surface area contributed by atoms with E-state index in [0.29, 0.717) is 18.7 Å². The highest BCUT2D eigenvalue weighted by molar-refractivity contribution is 7.92. The largest absolute Gasteiger partial charge is 0.495 e. The maximum absolute atomic E-state index is 14.0. The highest BCUT2D eigenvalue weighted by atomic mass is 35.5. The van der Waals surface area contributed by atoms with Crippen LogP contribution in [0.25, 0.3) is 0 Å². The number of hydrogen-bond donors (Lipinski definition) is 1. The van der Waals surface area contributed by atoms with E-state index in [9.17, 15) is 18.0 Å². The summed E-state index contributed by atoms with van der Waals surface area (Å²) in [6.45, 7) is 5.56. The van der Waals surface area contributed by atoms with Crippen LogP contribution in [0.15, 0.2) is 77.7 Å². The molecule has 2 amide bonds. The number of carbonyl (C=O) groups excluding carboxylic acids is 2. The van der Waals surface area contributed by atoms with Gasteiger partial charge in [0.15, 0.2) is 0 Å². The molecular formula is C29H34ClN3O5S. The van der Waals surface area contributed by atoms with E-state index in [-0.39, 0.29) is 28.1 Å². The molecule has 39 heavy (non-hydrogen) atoms. The maximum atomic E-state index is 14.0. The number of nitrogens with one attached hydrogen (secondary N) is 1. The summed E-state index contributed by atoms with van der Waals surface area (Å²) in [5, 5.41) is 2.99. The number of amides is 2. The van der Waals surface area contributed by atoms with Gasteiger partial charge < -0.3 is 15.0 Å². The van der Waals surface area contributed by atoms with Crippen LogP contribution in [0.2, 0.25) is 5.02 Å². The van der Waals surface area contributed by atoms with Crippen molar-refractivity contribution in [1.82, 2.24) is 10.2 Å². The summed E-state index contributed by atoms with van der Waals surface area (Å²) < 4.78 is 33.9. The SMILES string of the molecule is CCNC(=O)[C@H](CC)N(Cc1ccccc1C)C(=O)CN(c1ccc(OC)c(Cl)c1)S(=O)(=O)c1ccccc1. The topological polar surface area (TPSA) is 96.0 Å². The molecule has 0 radical (unpaired) electrons. The highest BCUT2D eigenvalue weighted by Gasteiger charge is 2.34. The summed E-state index contributed by atoms with van der Waals surface area (Å²) in [6.07, 6.45) is 0.350. The normalized spacial score (nSPS) is 11.9. The minimum Gasteiger partial charge on any atom is -0.495 e. The van der Waals surface area contributed by atoms with Crippen molar-refractivity contribution in [1.29, 1.82) is 0 Å². The average Bonchev–Trinajstić information content (AvgIpc) is 2.93. The number of aryl methyl sites for hydroxylation is 1. The lowest BCUT2D eigenvalue weighted by atomic mass is 10.1. The minimum atomic E-state index is -4.18. The van der Waals surface area contributed by atoms with Gasteiger partial charge in [0.1, 0.15) is 18.3 Å². The number of ether oxygens (including phenoxy) is 1. The van der Waals surface area contributed by atoms with Gasteiger partial charge >= 0.3 is 0 Å². The average molecular weight is 572 g/mol. The summed E-state index contributed by atoms with van der Waals surface area (Å²) in [6, 6.07) is 19.2. The van der Waals surface area contributed by atoms with Gasteiger partial charge in [0.2, 0.25) is 11.8 Å². The molecule has 3 aromatic carbocycles. The number of likely N-dealkylation sites (N-methyl/N-ethyl adjacent to an activating group) is 1. The van der Waals surface area contributed by atoms with Crippen LogP contribution in [0.5, 0.6) is 5.75 Å². The number of nitrogens with zero attached hydrogens (tertiary/aromatic N) is 2. The minimum absolute atomic E-state index is 0.0194. The maximum Gasteiger partial charge on any atom is 0.264 e. The molecule has 8 nitrogen and oxygen atoms in total. The van der Waals surface area contributed by atoms with Gasteiger partial charge in [0, 0.05) is 13.1 Å². The van der Waals surface area contributed by atoms with Gasteiger partial charge in [0.05, 0.1) is 22.7 Å². The van der Waals surface area contributed by atoms with Gasteiger partial charge in [-0.25, -0.2) is 8.42 Å². The van der Waals surface area contributed by atoms with E-state index in [4.69, 9.17) is 16.3 Å². The van der Waals surface area contributed by atoms with Crippen molar-refractivity contribution in [2.75, 3.05) is 24.5 Å². The number of sulfonamides is 1. The van der Waals surface area contributed by atoms with Gasteiger partial charge in [-0.2, -0.15) is 0 Å². The Labute approximate surface area is 235 Å². The van der Waals surface area contributed by atoms with E-state index in [1.165, 1.54) is 36.3 Å². The molecule has 1 atom stereocenters. The quantitative estimate of drug-likeness (QED) is 0.337. The fourth-order valence-electron chi connectivity index (χ4n) is 4.24. The molecular weight excluding hydrogens is 538 g/mol. The van der Waals surface area contributed by atoms with Crippen LogP contribution in [0.1, 0.15) is 31.4 Å². The second-order valence-corrected chi connectivity index (χ2v) is 11.2.